The Labute approximate surface area is 127 Å². The van der Waals surface area contributed by atoms with E-state index in [2.05, 4.69) is 10.4 Å². The molecule has 0 unspecified atom stereocenters. The van der Waals surface area contributed by atoms with Gasteiger partial charge < -0.3 is 15.2 Å². The Morgan fingerprint density at radius 2 is 2.05 bits per heavy atom. The van der Waals surface area contributed by atoms with Crippen LogP contribution in [0.1, 0.15) is 10.4 Å². The predicted octanol–water partition coefficient (Wildman–Crippen LogP) is 0.918. The van der Waals surface area contributed by atoms with E-state index in [-0.39, 0.29) is 25.7 Å². The van der Waals surface area contributed by atoms with Gasteiger partial charge in [-0.2, -0.15) is 5.10 Å². The van der Waals surface area contributed by atoms with Crippen LogP contribution in [0.15, 0.2) is 36.5 Å². The maximum atomic E-state index is 12.2. The fraction of sp³-hybridized carbons (Fsp3) is 0.267. The molecule has 2 aromatic rings. The Kier molecular flexibility index (Phi) is 5.26. The quantitative estimate of drug-likeness (QED) is 0.742. The number of aryl methyl sites for hydroxylation is 1. The Morgan fingerprint density at radius 3 is 2.73 bits per heavy atom. The molecule has 2 N–H and O–H groups in total. The zero-order valence-corrected chi connectivity index (χ0v) is 12.2. The van der Waals surface area contributed by atoms with Crippen molar-refractivity contribution in [1.82, 2.24) is 15.1 Å². The number of nitrogens with one attached hydrogen (secondary N) is 1. The molecule has 0 bridgehead atoms. The van der Waals surface area contributed by atoms with Gasteiger partial charge in [0.15, 0.2) is 0 Å². The van der Waals surface area contributed by atoms with Crippen LogP contribution in [0.3, 0.4) is 0 Å². The van der Waals surface area contributed by atoms with Gasteiger partial charge in [0.2, 0.25) is 0 Å². The highest BCUT2D eigenvalue weighted by Crippen LogP contribution is 2.22. The normalized spacial score (nSPS) is 10.4. The summed E-state index contributed by atoms with van der Waals surface area (Å²) in [5, 5.41) is 15.3. The van der Waals surface area contributed by atoms with E-state index in [0.717, 1.165) is 11.3 Å². The number of hydrogen-bond acceptors (Lipinski definition) is 4. The molecule has 0 aliphatic rings. The van der Waals surface area contributed by atoms with E-state index in [1.807, 2.05) is 30.3 Å². The van der Waals surface area contributed by atoms with E-state index in [4.69, 9.17) is 9.84 Å². The average Bonchev–Trinajstić information content (AvgIpc) is 2.89. The largest absolute Gasteiger partial charge is 0.480 e. The molecule has 0 atom stereocenters. The topological polar surface area (TPSA) is 93.5 Å². The molecule has 116 valence electrons. The molecule has 0 saturated heterocycles. The van der Waals surface area contributed by atoms with Gasteiger partial charge in [0, 0.05) is 19.2 Å². The summed E-state index contributed by atoms with van der Waals surface area (Å²) >= 11 is 0. The third-order valence-electron chi connectivity index (χ3n) is 2.99. The second-order valence-electron chi connectivity index (χ2n) is 4.60. The molecule has 0 fully saturated rings. The summed E-state index contributed by atoms with van der Waals surface area (Å²) in [6.07, 6.45) is 1.51. The second-order valence-corrected chi connectivity index (χ2v) is 4.60. The van der Waals surface area contributed by atoms with Gasteiger partial charge in [0.25, 0.3) is 5.91 Å². The number of benzene rings is 1. The van der Waals surface area contributed by atoms with Crippen LogP contribution in [-0.4, -0.2) is 46.5 Å². The number of aliphatic carboxylic acids is 1. The highest BCUT2D eigenvalue weighted by atomic mass is 16.5. The zero-order valence-electron chi connectivity index (χ0n) is 12.2. The van der Waals surface area contributed by atoms with Crippen molar-refractivity contribution in [1.29, 1.82) is 0 Å². The van der Waals surface area contributed by atoms with Gasteiger partial charge in [-0.1, -0.05) is 30.3 Å². The van der Waals surface area contributed by atoms with Crippen molar-refractivity contribution in [3.8, 4) is 11.3 Å². The third-order valence-corrected chi connectivity index (χ3v) is 2.99. The van der Waals surface area contributed by atoms with Gasteiger partial charge >= 0.3 is 5.97 Å². The molecule has 1 aromatic heterocycles. The van der Waals surface area contributed by atoms with E-state index in [1.54, 1.807) is 11.7 Å². The van der Waals surface area contributed by atoms with Crippen molar-refractivity contribution in [2.45, 2.75) is 0 Å². The van der Waals surface area contributed by atoms with E-state index in [1.165, 1.54) is 6.20 Å². The van der Waals surface area contributed by atoms with Gasteiger partial charge in [-0.05, 0) is 0 Å². The van der Waals surface area contributed by atoms with Crippen LogP contribution in [0.2, 0.25) is 0 Å². The molecule has 0 spiro atoms. The van der Waals surface area contributed by atoms with Crippen molar-refractivity contribution in [2.24, 2.45) is 7.05 Å². The lowest BCUT2D eigenvalue weighted by Gasteiger charge is -2.07. The SMILES string of the molecule is Cn1ncc(C(=O)NCCOCC(=O)O)c1-c1ccccc1. The van der Waals surface area contributed by atoms with Crippen molar-refractivity contribution >= 4 is 11.9 Å². The minimum Gasteiger partial charge on any atom is -0.480 e. The van der Waals surface area contributed by atoms with Gasteiger partial charge in [0.1, 0.15) is 6.61 Å². The van der Waals surface area contributed by atoms with Crippen LogP contribution in [0.5, 0.6) is 0 Å². The minimum absolute atomic E-state index is 0.138. The van der Waals surface area contributed by atoms with Crippen molar-refractivity contribution in [2.75, 3.05) is 19.8 Å². The number of hydrogen-bond donors (Lipinski definition) is 2. The number of carbonyl (C=O) groups excluding carboxylic acids is 1. The maximum Gasteiger partial charge on any atom is 0.329 e. The van der Waals surface area contributed by atoms with Crippen molar-refractivity contribution in [3.63, 3.8) is 0 Å². The number of ether oxygens (including phenoxy) is 1. The lowest BCUT2D eigenvalue weighted by atomic mass is 10.1. The number of carboxylic acid groups (broad SMARTS) is 1. The molecule has 0 aliphatic carbocycles. The fourth-order valence-corrected chi connectivity index (χ4v) is 2.03. The Morgan fingerprint density at radius 1 is 1.32 bits per heavy atom. The second kappa shape index (κ2) is 7.37. The summed E-state index contributed by atoms with van der Waals surface area (Å²) in [5.74, 6) is -1.31. The molecule has 22 heavy (non-hydrogen) atoms. The van der Waals surface area contributed by atoms with E-state index in [0.29, 0.717) is 5.56 Å². The smallest absolute Gasteiger partial charge is 0.329 e. The Hall–Kier alpha value is -2.67. The van der Waals surface area contributed by atoms with Gasteiger partial charge in [-0.3, -0.25) is 9.48 Å². The molecule has 7 nitrogen and oxygen atoms in total. The van der Waals surface area contributed by atoms with E-state index in [9.17, 15) is 9.59 Å². The number of carboxylic acids is 1. The highest BCUT2D eigenvalue weighted by molar-refractivity contribution is 5.99. The fourth-order valence-electron chi connectivity index (χ4n) is 2.03. The van der Waals surface area contributed by atoms with Crippen molar-refractivity contribution in [3.05, 3.63) is 42.1 Å². The van der Waals surface area contributed by atoms with Gasteiger partial charge in [-0.15, -0.1) is 0 Å². The van der Waals surface area contributed by atoms with Crippen LogP contribution in [0.4, 0.5) is 0 Å². The van der Waals surface area contributed by atoms with Crippen LogP contribution >= 0.6 is 0 Å². The summed E-state index contributed by atoms with van der Waals surface area (Å²) in [6.45, 7) is -0.00770. The van der Waals surface area contributed by atoms with E-state index < -0.39 is 5.97 Å². The average molecular weight is 303 g/mol. The lowest BCUT2D eigenvalue weighted by Crippen LogP contribution is -2.28. The molecular formula is C15H17N3O4. The maximum absolute atomic E-state index is 12.2. The molecular weight excluding hydrogens is 286 g/mol. The summed E-state index contributed by atoms with van der Waals surface area (Å²) in [5.41, 5.74) is 2.09. The number of aromatic nitrogens is 2. The number of rotatable bonds is 7. The highest BCUT2D eigenvalue weighted by Gasteiger charge is 2.17. The molecule has 0 radical (unpaired) electrons. The summed E-state index contributed by atoms with van der Waals surface area (Å²) < 4.78 is 6.51. The first-order valence-corrected chi connectivity index (χ1v) is 6.74. The lowest BCUT2D eigenvalue weighted by molar-refractivity contribution is -0.142. The van der Waals surface area contributed by atoms with E-state index >= 15 is 0 Å². The molecule has 1 aromatic carbocycles. The van der Waals surface area contributed by atoms with Crippen LogP contribution < -0.4 is 5.32 Å². The molecule has 7 heteroatoms. The minimum atomic E-state index is -1.04. The molecule has 0 saturated carbocycles. The molecule has 2 rings (SSSR count). The summed E-state index contributed by atoms with van der Waals surface area (Å²) in [6, 6.07) is 9.50. The third kappa shape index (κ3) is 3.92. The molecule has 1 amide bonds. The summed E-state index contributed by atoms with van der Waals surface area (Å²) in [4.78, 5) is 22.5. The summed E-state index contributed by atoms with van der Waals surface area (Å²) in [7, 11) is 1.77. The van der Waals surface area contributed by atoms with Crippen LogP contribution in [0, 0.1) is 0 Å². The van der Waals surface area contributed by atoms with Crippen LogP contribution in [-0.2, 0) is 16.6 Å². The number of nitrogens with zero attached hydrogens (tertiary/aromatic N) is 2. The standard InChI is InChI=1S/C15H17N3O4/c1-18-14(11-5-3-2-4-6-11)12(9-17-18)15(21)16-7-8-22-10-13(19)20/h2-6,9H,7-8,10H2,1H3,(H,16,21)(H,19,20). The molecule has 1 heterocycles. The number of carbonyl (C=O) groups is 2. The predicted molar refractivity (Wildman–Crippen MR) is 79.4 cm³/mol. The van der Waals surface area contributed by atoms with Crippen molar-refractivity contribution < 1.29 is 19.4 Å². The first-order chi connectivity index (χ1) is 10.6. The van der Waals surface area contributed by atoms with Gasteiger partial charge in [0.05, 0.1) is 24.1 Å². The first-order valence-electron chi connectivity index (χ1n) is 6.74. The monoisotopic (exact) mass is 303 g/mol. The molecule has 0 aliphatic heterocycles. The Bertz CT molecular complexity index is 652. The van der Waals surface area contributed by atoms with Gasteiger partial charge in [-0.25, -0.2) is 4.79 Å². The Balaban J connectivity index is 2.01. The van der Waals surface area contributed by atoms with Crippen LogP contribution in [0.25, 0.3) is 11.3 Å². The zero-order chi connectivity index (χ0) is 15.9. The first kappa shape index (κ1) is 15.7. The number of amides is 1.